The van der Waals surface area contributed by atoms with Crippen molar-refractivity contribution >= 4 is 32.2 Å². The fourth-order valence-electron chi connectivity index (χ4n) is 1.56. The van der Waals surface area contributed by atoms with Crippen LogP contribution in [0.4, 0.5) is 0 Å². The van der Waals surface area contributed by atoms with Gasteiger partial charge >= 0.3 is 0 Å². The van der Waals surface area contributed by atoms with Gasteiger partial charge in [0.2, 0.25) is 0 Å². The molecule has 0 fully saturated rings. The zero-order valence-corrected chi connectivity index (χ0v) is 13.6. The minimum atomic E-state index is -3.66. The number of ether oxygens (including phenoxy) is 1. The van der Waals surface area contributed by atoms with Crippen molar-refractivity contribution in [3.8, 4) is 5.75 Å². The lowest BCUT2D eigenvalue weighted by atomic mass is 10.2. The van der Waals surface area contributed by atoms with E-state index in [0.717, 1.165) is 10.0 Å². The van der Waals surface area contributed by atoms with E-state index in [2.05, 4.69) is 25.9 Å². The molecule has 0 amide bonds. The van der Waals surface area contributed by atoms with Gasteiger partial charge in [-0.05, 0) is 42.0 Å². The van der Waals surface area contributed by atoms with Crippen molar-refractivity contribution < 1.29 is 13.2 Å². The number of hydrogen-bond donors (Lipinski definition) is 1. The molecule has 0 radical (unpaired) electrons. The maximum atomic E-state index is 12.0. The second-order valence-electron chi connectivity index (χ2n) is 4.08. The molecule has 2 aromatic carbocycles. The molecular formula is C14H13BrN2O3S. The highest BCUT2D eigenvalue weighted by molar-refractivity contribution is 9.10. The summed E-state index contributed by atoms with van der Waals surface area (Å²) in [5.41, 5.74) is 0.729. The largest absolute Gasteiger partial charge is 0.497 e. The maximum Gasteiger partial charge on any atom is 0.276 e. The summed E-state index contributed by atoms with van der Waals surface area (Å²) in [6, 6.07) is 13.4. The van der Waals surface area contributed by atoms with E-state index >= 15 is 0 Å². The van der Waals surface area contributed by atoms with E-state index in [0.29, 0.717) is 5.75 Å². The van der Waals surface area contributed by atoms with Crippen LogP contribution in [0, 0.1) is 0 Å². The molecule has 110 valence electrons. The van der Waals surface area contributed by atoms with Gasteiger partial charge in [0.25, 0.3) is 10.0 Å². The third kappa shape index (κ3) is 4.30. The predicted molar refractivity (Wildman–Crippen MR) is 85.1 cm³/mol. The molecule has 0 bridgehead atoms. The van der Waals surface area contributed by atoms with Gasteiger partial charge in [-0.1, -0.05) is 28.1 Å². The minimum Gasteiger partial charge on any atom is -0.497 e. The highest BCUT2D eigenvalue weighted by Crippen LogP contribution is 2.14. The summed E-state index contributed by atoms with van der Waals surface area (Å²) >= 11 is 3.25. The van der Waals surface area contributed by atoms with Crippen LogP contribution in [0.5, 0.6) is 5.75 Å². The van der Waals surface area contributed by atoms with Crippen LogP contribution in [-0.2, 0) is 10.0 Å². The summed E-state index contributed by atoms with van der Waals surface area (Å²) < 4.78 is 29.9. The van der Waals surface area contributed by atoms with Gasteiger partial charge in [-0.2, -0.15) is 13.5 Å². The summed E-state index contributed by atoms with van der Waals surface area (Å²) in [5.74, 6) is 0.676. The summed E-state index contributed by atoms with van der Waals surface area (Å²) in [5, 5.41) is 3.76. The molecule has 2 rings (SSSR count). The quantitative estimate of drug-likeness (QED) is 0.651. The summed E-state index contributed by atoms with van der Waals surface area (Å²) in [6.45, 7) is 0. The van der Waals surface area contributed by atoms with Gasteiger partial charge < -0.3 is 4.74 Å². The third-order valence-corrected chi connectivity index (χ3v) is 4.37. The van der Waals surface area contributed by atoms with Gasteiger partial charge in [0, 0.05) is 4.47 Å². The number of hydrazone groups is 1. The Labute approximate surface area is 131 Å². The first-order valence-electron chi connectivity index (χ1n) is 5.96. The van der Waals surface area contributed by atoms with Crippen LogP contribution in [0.1, 0.15) is 5.56 Å². The van der Waals surface area contributed by atoms with Crippen molar-refractivity contribution in [2.45, 2.75) is 4.90 Å². The first kappa shape index (κ1) is 15.5. The van der Waals surface area contributed by atoms with Crippen molar-refractivity contribution in [3.05, 3.63) is 58.6 Å². The standard InChI is InChI=1S/C14H13BrN2O3S/c1-20-13-4-2-3-11(9-13)10-16-17-21(18,19)14-7-5-12(15)6-8-14/h2-10,17H,1H3/b16-10-. The van der Waals surface area contributed by atoms with Crippen LogP contribution in [0.2, 0.25) is 0 Å². The van der Waals surface area contributed by atoms with Gasteiger partial charge in [-0.15, -0.1) is 0 Å². The molecule has 0 aliphatic rings. The molecule has 1 N–H and O–H groups in total. The van der Waals surface area contributed by atoms with Crippen molar-refractivity contribution in [2.75, 3.05) is 7.11 Å². The predicted octanol–water partition coefficient (Wildman–Crippen LogP) is 2.77. The lowest BCUT2D eigenvalue weighted by molar-refractivity contribution is 0.415. The van der Waals surface area contributed by atoms with E-state index in [1.165, 1.54) is 18.3 Å². The van der Waals surface area contributed by atoms with E-state index in [1.54, 1.807) is 43.5 Å². The highest BCUT2D eigenvalue weighted by Gasteiger charge is 2.11. The number of hydrogen-bond acceptors (Lipinski definition) is 4. The van der Waals surface area contributed by atoms with Gasteiger partial charge in [-0.3, -0.25) is 0 Å². The third-order valence-electron chi connectivity index (χ3n) is 2.60. The van der Waals surface area contributed by atoms with Crippen LogP contribution in [0.3, 0.4) is 0 Å². The van der Waals surface area contributed by atoms with Crippen molar-refractivity contribution in [2.24, 2.45) is 5.10 Å². The molecule has 7 heteroatoms. The lowest BCUT2D eigenvalue weighted by Gasteiger charge is -2.03. The van der Waals surface area contributed by atoms with Crippen molar-refractivity contribution in [3.63, 3.8) is 0 Å². The molecular weight excluding hydrogens is 356 g/mol. The Hall–Kier alpha value is -1.86. The van der Waals surface area contributed by atoms with Gasteiger partial charge in [0.05, 0.1) is 18.2 Å². The molecule has 5 nitrogen and oxygen atoms in total. The summed E-state index contributed by atoms with van der Waals surface area (Å²) in [6.07, 6.45) is 1.42. The van der Waals surface area contributed by atoms with E-state index in [-0.39, 0.29) is 4.90 Å². The molecule has 2 aromatic rings. The normalized spacial score (nSPS) is 11.5. The van der Waals surface area contributed by atoms with Gasteiger partial charge in [0.15, 0.2) is 0 Å². The molecule has 0 atom stereocenters. The zero-order chi connectivity index (χ0) is 15.3. The van der Waals surface area contributed by atoms with Crippen LogP contribution >= 0.6 is 15.9 Å². The fraction of sp³-hybridized carbons (Fsp3) is 0.0714. The molecule has 0 saturated carbocycles. The molecule has 0 saturated heterocycles. The number of benzene rings is 2. The number of methoxy groups -OCH3 is 1. The number of nitrogens with zero attached hydrogens (tertiary/aromatic N) is 1. The first-order valence-corrected chi connectivity index (χ1v) is 8.23. The molecule has 0 aliphatic heterocycles. The second-order valence-corrected chi connectivity index (χ2v) is 6.66. The molecule has 0 heterocycles. The van der Waals surface area contributed by atoms with Crippen molar-refractivity contribution in [1.82, 2.24) is 4.83 Å². The van der Waals surface area contributed by atoms with E-state index < -0.39 is 10.0 Å². The monoisotopic (exact) mass is 368 g/mol. The topological polar surface area (TPSA) is 67.8 Å². The maximum absolute atomic E-state index is 12.0. The number of halogens is 1. The number of rotatable bonds is 5. The van der Waals surface area contributed by atoms with Crippen LogP contribution < -0.4 is 9.57 Å². The Morgan fingerprint density at radius 2 is 1.90 bits per heavy atom. The Bertz CT molecular complexity index is 743. The van der Waals surface area contributed by atoms with Crippen LogP contribution in [0.25, 0.3) is 0 Å². The van der Waals surface area contributed by atoms with E-state index in [9.17, 15) is 8.42 Å². The first-order chi connectivity index (χ1) is 10.0. The molecule has 0 aromatic heterocycles. The smallest absolute Gasteiger partial charge is 0.276 e. The molecule has 0 unspecified atom stereocenters. The second kappa shape index (κ2) is 6.73. The highest BCUT2D eigenvalue weighted by atomic mass is 79.9. The Morgan fingerprint density at radius 3 is 2.57 bits per heavy atom. The number of nitrogens with one attached hydrogen (secondary N) is 1. The van der Waals surface area contributed by atoms with E-state index in [1.807, 2.05) is 0 Å². The molecule has 21 heavy (non-hydrogen) atoms. The van der Waals surface area contributed by atoms with Crippen LogP contribution in [0.15, 0.2) is 63.0 Å². The summed E-state index contributed by atoms with van der Waals surface area (Å²) in [4.78, 5) is 2.31. The molecule has 0 spiro atoms. The van der Waals surface area contributed by atoms with Crippen LogP contribution in [-0.4, -0.2) is 21.7 Å². The Morgan fingerprint density at radius 1 is 1.19 bits per heavy atom. The average Bonchev–Trinajstić information content (AvgIpc) is 2.48. The fourth-order valence-corrected chi connectivity index (χ4v) is 2.61. The summed E-state index contributed by atoms with van der Waals surface area (Å²) in [7, 11) is -2.10. The SMILES string of the molecule is COc1cccc(/C=N\NS(=O)(=O)c2ccc(Br)cc2)c1. The number of sulfonamides is 1. The minimum absolute atomic E-state index is 0.147. The van der Waals surface area contributed by atoms with Gasteiger partial charge in [-0.25, -0.2) is 4.83 Å². The average molecular weight is 369 g/mol. The zero-order valence-electron chi connectivity index (χ0n) is 11.2. The molecule has 0 aliphatic carbocycles. The van der Waals surface area contributed by atoms with E-state index in [4.69, 9.17) is 4.74 Å². The lowest BCUT2D eigenvalue weighted by Crippen LogP contribution is -2.18. The Balaban J connectivity index is 2.10. The van der Waals surface area contributed by atoms with Crippen molar-refractivity contribution in [1.29, 1.82) is 0 Å². The Kier molecular flexibility index (Phi) is 4.98. The van der Waals surface area contributed by atoms with Gasteiger partial charge in [0.1, 0.15) is 5.75 Å².